The molecule has 1 N–H and O–H groups in total. The minimum atomic E-state index is -0.344. The molecule has 0 aliphatic rings. The van der Waals surface area contributed by atoms with Gasteiger partial charge in [-0.3, -0.25) is 4.79 Å². The number of nitrogens with zero attached hydrogens (tertiary/aromatic N) is 1. The van der Waals surface area contributed by atoms with Crippen LogP contribution in [-0.4, -0.2) is 25.8 Å². The van der Waals surface area contributed by atoms with Crippen molar-refractivity contribution < 1.29 is 18.7 Å². The molecule has 2 rings (SSSR count). The highest BCUT2D eigenvalue weighted by atomic mass is 35.5. The first-order valence-electron chi connectivity index (χ1n) is 7.60. The van der Waals surface area contributed by atoms with Crippen molar-refractivity contribution in [3.8, 4) is 11.5 Å². The molecule has 2 aromatic rings. The Morgan fingerprint density at radius 3 is 2.68 bits per heavy atom. The molecule has 1 amide bonds. The average molecular weight is 365 g/mol. The first kappa shape index (κ1) is 18.7. The van der Waals surface area contributed by atoms with E-state index < -0.39 is 0 Å². The minimum Gasteiger partial charge on any atom is -0.491 e. The first-order valence-corrected chi connectivity index (χ1v) is 7.98. The van der Waals surface area contributed by atoms with Gasteiger partial charge in [-0.1, -0.05) is 23.7 Å². The highest BCUT2D eigenvalue weighted by Gasteiger charge is 2.10. The van der Waals surface area contributed by atoms with Crippen LogP contribution < -0.4 is 14.9 Å². The lowest BCUT2D eigenvalue weighted by atomic mass is 10.1. The molecular formula is C18H18ClFN2O3. The predicted molar refractivity (Wildman–Crippen MR) is 95.0 cm³/mol. The largest absolute Gasteiger partial charge is 0.491 e. The van der Waals surface area contributed by atoms with Crippen LogP contribution in [0.15, 0.2) is 41.5 Å². The SMILES string of the molecule is CCOc1cc(/C=N/NC(=O)Cc2ccc(F)cc2)cc(Cl)c1OC. The zero-order valence-corrected chi connectivity index (χ0v) is 14.6. The molecule has 0 spiro atoms. The summed E-state index contributed by atoms with van der Waals surface area (Å²) in [5.41, 5.74) is 3.76. The van der Waals surface area contributed by atoms with E-state index in [1.807, 2.05) is 6.92 Å². The molecule has 0 aliphatic carbocycles. The molecule has 25 heavy (non-hydrogen) atoms. The van der Waals surface area contributed by atoms with Gasteiger partial charge in [-0.2, -0.15) is 5.10 Å². The van der Waals surface area contributed by atoms with Gasteiger partial charge < -0.3 is 9.47 Å². The maximum absolute atomic E-state index is 12.8. The van der Waals surface area contributed by atoms with Crippen molar-refractivity contribution in [1.82, 2.24) is 5.43 Å². The Balaban J connectivity index is 2.01. The number of carbonyl (C=O) groups excluding carboxylic acids is 1. The molecular weight excluding hydrogens is 347 g/mol. The van der Waals surface area contributed by atoms with Gasteiger partial charge in [0.15, 0.2) is 11.5 Å². The van der Waals surface area contributed by atoms with Gasteiger partial charge in [0.2, 0.25) is 5.91 Å². The van der Waals surface area contributed by atoms with E-state index >= 15 is 0 Å². The fourth-order valence-corrected chi connectivity index (χ4v) is 2.43. The fraction of sp³-hybridized carbons (Fsp3) is 0.222. The molecule has 0 saturated heterocycles. The van der Waals surface area contributed by atoms with Crippen molar-refractivity contribution in [3.05, 3.63) is 58.4 Å². The summed E-state index contributed by atoms with van der Waals surface area (Å²) in [6, 6.07) is 9.08. The van der Waals surface area contributed by atoms with E-state index in [0.717, 1.165) is 0 Å². The van der Waals surface area contributed by atoms with E-state index in [0.29, 0.717) is 34.3 Å². The molecule has 7 heteroatoms. The molecule has 0 saturated carbocycles. The number of hydrazone groups is 1. The Morgan fingerprint density at radius 1 is 1.32 bits per heavy atom. The van der Waals surface area contributed by atoms with Gasteiger partial charge in [-0.15, -0.1) is 0 Å². The molecule has 0 heterocycles. The Labute approximate surface area is 150 Å². The van der Waals surface area contributed by atoms with Crippen LogP contribution in [0.2, 0.25) is 5.02 Å². The third-order valence-electron chi connectivity index (χ3n) is 3.22. The molecule has 0 aliphatic heterocycles. The summed E-state index contributed by atoms with van der Waals surface area (Å²) >= 11 is 6.15. The number of carbonyl (C=O) groups is 1. The lowest BCUT2D eigenvalue weighted by Crippen LogP contribution is -2.19. The predicted octanol–water partition coefficient (Wildman–Crippen LogP) is 3.58. The van der Waals surface area contributed by atoms with Gasteiger partial charge in [-0.25, -0.2) is 9.82 Å². The van der Waals surface area contributed by atoms with Crippen LogP contribution in [0.25, 0.3) is 0 Å². The van der Waals surface area contributed by atoms with E-state index in [1.54, 1.807) is 24.3 Å². The number of hydrogen-bond donors (Lipinski definition) is 1. The summed E-state index contributed by atoms with van der Waals surface area (Å²) in [6.07, 6.45) is 1.56. The molecule has 0 bridgehead atoms. The Morgan fingerprint density at radius 2 is 2.04 bits per heavy atom. The number of nitrogens with one attached hydrogen (secondary N) is 1. The van der Waals surface area contributed by atoms with Crippen LogP contribution in [0.3, 0.4) is 0 Å². The number of ether oxygens (including phenoxy) is 2. The summed E-state index contributed by atoms with van der Waals surface area (Å²) < 4.78 is 23.5. The molecule has 5 nitrogen and oxygen atoms in total. The molecule has 0 unspecified atom stereocenters. The first-order chi connectivity index (χ1) is 12.0. The highest BCUT2D eigenvalue weighted by molar-refractivity contribution is 6.32. The third kappa shape index (κ3) is 5.46. The van der Waals surface area contributed by atoms with Crippen molar-refractivity contribution >= 4 is 23.7 Å². The number of amides is 1. The Kier molecular flexibility index (Phi) is 6.77. The van der Waals surface area contributed by atoms with Gasteiger partial charge >= 0.3 is 0 Å². The quantitative estimate of drug-likeness (QED) is 0.603. The van der Waals surface area contributed by atoms with Crippen molar-refractivity contribution in [2.24, 2.45) is 5.10 Å². The Hall–Kier alpha value is -2.60. The lowest BCUT2D eigenvalue weighted by molar-refractivity contribution is -0.120. The zero-order chi connectivity index (χ0) is 18.2. The molecule has 2 aromatic carbocycles. The molecule has 0 aromatic heterocycles. The van der Waals surface area contributed by atoms with Crippen molar-refractivity contribution in [2.45, 2.75) is 13.3 Å². The number of rotatable bonds is 7. The third-order valence-corrected chi connectivity index (χ3v) is 3.50. The second-order valence-corrected chi connectivity index (χ2v) is 5.47. The van der Waals surface area contributed by atoms with Crippen LogP contribution >= 0.6 is 11.6 Å². The van der Waals surface area contributed by atoms with Gasteiger partial charge in [0.1, 0.15) is 5.82 Å². The molecule has 132 valence electrons. The topological polar surface area (TPSA) is 59.9 Å². The summed E-state index contributed by atoms with van der Waals surface area (Å²) in [6.45, 7) is 2.31. The van der Waals surface area contributed by atoms with E-state index in [4.69, 9.17) is 21.1 Å². The summed E-state index contributed by atoms with van der Waals surface area (Å²) in [7, 11) is 1.51. The maximum atomic E-state index is 12.8. The van der Waals surface area contributed by atoms with E-state index in [2.05, 4.69) is 10.5 Å². The van der Waals surface area contributed by atoms with Crippen LogP contribution in [0, 0.1) is 5.82 Å². The molecule has 0 radical (unpaired) electrons. The van der Waals surface area contributed by atoms with Crippen molar-refractivity contribution in [2.75, 3.05) is 13.7 Å². The van der Waals surface area contributed by atoms with Crippen molar-refractivity contribution in [1.29, 1.82) is 0 Å². The number of benzene rings is 2. The van der Waals surface area contributed by atoms with Gasteiger partial charge in [0, 0.05) is 0 Å². The summed E-state index contributed by atoms with van der Waals surface area (Å²) in [4.78, 5) is 11.8. The van der Waals surface area contributed by atoms with Gasteiger partial charge in [0.05, 0.1) is 31.4 Å². The zero-order valence-electron chi connectivity index (χ0n) is 13.9. The van der Waals surface area contributed by atoms with Crippen LogP contribution in [0.5, 0.6) is 11.5 Å². The summed E-state index contributed by atoms with van der Waals surface area (Å²) in [5.74, 6) is 0.286. The number of hydrogen-bond acceptors (Lipinski definition) is 4. The number of halogens is 2. The van der Waals surface area contributed by atoms with Crippen molar-refractivity contribution in [3.63, 3.8) is 0 Å². The van der Waals surface area contributed by atoms with Gasteiger partial charge in [0.25, 0.3) is 0 Å². The van der Waals surface area contributed by atoms with Gasteiger partial charge in [-0.05, 0) is 42.3 Å². The summed E-state index contributed by atoms with van der Waals surface area (Å²) in [5, 5.41) is 4.28. The fourth-order valence-electron chi connectivity index (χ4n) is 2.13. The second kappa shape index (κ2) is 9.03. The van der Waals surface area contributed by atoms with E-state index in [9.17, 15) is 9.18 Å². The average Bonchev–Trinajstić information content (AvgIpc) is 2.57. The number of methoxy groups -OCH3 is 1. The monoisotopic (exact) mass is 364 g/mol. The smallest absolute Gasteiger partial charge is 0.244 e. The second-order valence-electron chi connectivity index (χ2n) is 5.06. The van der Waals surface area contributed by atoms with Crippen LogP contribution in [-0.2, 0) is 11.2 Å². The lowest BCUT2D eigenvalue weighted by Gasteiger charge is -2.11. The van der Waals surface area contributed by atoms with Crippen LogP contribution in [0.1, 0.15) is 18.1 Å². The molecule has 0 atom stereocenters. The van der Waals surface area contributed by atoms with E-state index in [1.165, 1.54) is 25.5 Å². The minimum absolute atomic E-state index is 0.102. The van der Waals surface area contributed by atoms with E-state index in [-0.39, 0.29) is 18.1 Å². The van der Waals surface area contributed by atoms with Crippen LogP contribution in [0.4, 0.5) is 4.39 Å². The highest BCUT2D eigenvalue weighted by Crippen LogP contribution is 2.35. The standard InChI is InChI=1S/C18H18ClFN2O3/c1-3-25-16-9-13(8-15(19)18(16)24-2)11-21-22-17(23)10-12-4-6-14(20)7-5-12/h4-9,11H,3,10H2,1-2H3,(H,22,23)/b21-11+. The maximum Gasteiger partial charge on any atom is 0.244 e. The molecule has 0 fully saturated rings. The Bertz CT molecular complexity index is 764. The normalized spacial score (nSPS) is 10.7.